The van der Waals surface area contributed by atoms with Crippen LogP contribution < -0.4 is 5.32 Å². The number of carbonyl (C=O) groups is 3. The van der Waals surface area contributed by atoms with E-state index in [1.165, 1.54) is 24.3 Å². The number of benzene rings is 4. The highest BCUT2D eigenvalue weighted by atomic mass is 79.9. The topological polar surface area (TPSA) is 110 Å². The number of fused-ring (bicyclic) bond motifs is 6. The van der Waals surface area contributed by atoms with Gasteiger partial charge in [-0.25, -0.2) is 0 Å². The molecule has 0 radical (unpaired) electrons. The number of carbonyl (C=O) groups excluding carboxylic acids is 3. The van der Waals surface area contributed by atoms with Crippen molar-refractivity contribution in [3.63, 3.8) is 0 Å². The molecule has 1 N–H and O–H groups in total. The molecule has 3 heterocycles. The van der Waals surface area contributed by atoms with Gasteiger partial charge in [-0.2, -0.15) is 0 Å². The number of nitro benzene ring substituents is 1. The zero-order valence-electron chi connectivity index (χ0n) is 21.9. The van der Waals surface area contributed by atoms with Crippen LogP contribution in [0.2, 0.25) is 0 Å². The molecule has 1 amide bonds. The molecule has 0 unspecified atom stereocenters. The first-order valence-electron chi connectivity index (χ1n) is 13.4. The van der Waals surface area contributed by atoms with E-state index in [9.17, 15) is 24.5 Å². The standard InChI is InChI=1S/C33H22BrN3O5/c34-22-14-12-20(13-15-22)29(38)27-28(30(39)21-7-5-8-23(18-21)37(41)42)36-17-16-19-6-1-2-9-24(19)31(36)33(27)25-10-3-4-11-26(25)35-32(33)40/h1-18,27-28,31H,(H,35,40)/t27-,28+,31-,33+/m1/s1. The molecule has 1 spiro atoms. The number of rotatable bonds is 5. The van der Waals surface area contributed by atoms with Gasteiger partial charge in [-0.1, -0.05) is 82.7 Å². The zero-order valence-corrected chi connectivity index (χ0v) is 23.5. The van der Waals surface area contributed by atoms with E-state index in [1.807, 2.05) is 53.4 Å². The van der Waals surface area contributed by atoms with Crippen molar-refractivity contribution in [3.8, 4) is 0 Å². The van der Waals surface area contributed by atoms with Crippen LogP contribution >= 0.6 is 15.9 Å². The highest BCUT2D eigenvalue weighted by molar-refractivity contribution is 9.10. The third kappa shape index (κ3) is 3.63. The fraction of sp³-hybridized carbons (Fsp3) is 0.121. The summed E-state index contributed by atoms with van der Waals surface area (Å²) >= 11 is 3.42. The van der Waals surface area contributed by atoms with E-state index in [4.69, 9.17) is 0 Å². The van der Waals surface area contributed by atoms with Gasteiger partial charge in [0, 0.05) is 39.6 Å². The normalized spacial score (nSPS) is 23.2. The first-order chi connectivity index (χ1) is 20.3. The Morgan fingerprint density at radius 1 is 0.881 bits per heavy atom. The molecule has 0 aromatic heterocycles. The second kappa shape index (κ2) is 9.60. The molecule has 7 rings (SSSR count). The number of para-hydroxylation sites is 1. The van der Waals surface area contributed by atoms with Gasteiger partial charge in [0.05, 0.1) is 16.9 Å². The van der Waals surface area contributed by atoms with Crippen LogP contribution in [0.25, 0.3) is 6.08 Å². The fourth-order valence-electron chi connectivity index (χ4n) is 6.90. The second-order valence-electron chi connectivity index (χ2n) is 10.6. The van der Waals surface area contributed by atoms with Crippen molar-refractivity contribution in [1.29, 1.82) is 0 Å². The maximum atomic E-state index is 14.7. The minimum atomic E-state index is -1.47. The molecule has 4 aromatic rings. The number of halogens is 1. The van der Waals surface area contributed by atoms with Crippen LogP contribution in [-0.2, 0) is 10.2 Å². The van der Waals surface area contributed by atoms with Crippen LogP contribution in [0.3, 0.4) is 0 Å². The maximum Gasteiger partial charge on any atom is 0.270 e. The summed E-state index contributed by atoms with van der Waals surface area (Å²) in [6.45, 7) is 0. The van der Waals surface area contributed by atoms with Crippen molar-refractivity contribution in [3.05, 3.63) is 146 Å². The first kappa shape index (κ1) is 26.0. The lowest BCUT2D eigenvalue weighted by atomic mass is 9.62. The van der Waals surface area contributed by atoms with Gasteiger partial charge in [0.2, 0.25) is 5.91 Å². The molecule has 1 fully saturated rings. The number of nitrogens with zero attached hydrogens (tertiary/aromatic N) is 2. The molecule has 0 aliphatic carbocycles. The molecular formula is C33H22BrN3O5. The largest absolute Gasteiger partial charge is 0.358 e. The Morgan fingerprint density at radius 2 is 1.62 bits per heavy atom. The third-order valence-corrected chi connectivity index (χ3v) is 9.12. The number of ketones is 2. The van der Waals surface area contributed by atoms with Crippen LogP contribution in [0.1, 0.15) is 43.4 Å². The third-order valence-electron chi connectivity index (χ3n) is 8.59. The number of nitro groups is 1. The minimum Gasteiger partial charge on any atom is -0.358 e. The summed E-state index contributed by atoms with van der Waals surface area (Å²) in [7, 11) is 0. The summed E-state index contributed by atoms with van der Waals surface area (Å²) in [6, 6.07) is 25.5. The number of hydrogen-bond acceptors (Lipinski definition) is 6. The molecule has 4 atom stereocenters. The number of hydrogen-bond donors (Lipinski definition) is 1. The van der Waals surface area contributed by atoms with Gasteiger partial charge in [-0.05, 0) is 41.0 Å². The van der Waals surface area contributed by atoms with E-state index in [-0.39, 0.29) is 22.9 Å². The van der Waals surface area contributed by atoms with Crippen molar-refractivity contribution in [1.82, 2.24) is 4.90 Å². The maximum absolute atomic E-state index is 14.7. The van der Waals surface area contributed by atoms with Crippen molar-refractivity contribution in [2.75, 3.05) is 5.32 Å². The van der Waals surface area contributed by atoms with Crippen molar-refractivity contribution >= 4 is 50.9 Å². The number of anilines is 1. The quantitative estimate of drug-likeness (QED) is 0.159. The Balaban J connectivity index is 1.53. The SMILES string of the molecule is O=C(c1cccc([N+](=O)[O-])c1)[C@@H]1[C@H](C(=O)c2ccc(Br)cc2)[C@]2(C(=O)Nc3ccccc32)[C@H]2c3ccccc3C=CN12. The molecule has 8 nitrogen and oxygen atoms in total. The average molecular weight is 620 g/mol. The number of Topliss-reactive ketones (excluding diaryl/α,β-unsaturated/α-hetero) is 2. The lowest BCUT2D eigenvalue weighted by Crippen LogP contribution is -2.49. The van der Waals surface area contributed by atoms with Gasteiger partial charge >= 0.3 is 0 Å². The molecule has 3 aliphatic rings. The van der Waals surface area contributed by atoms with Crippen LogP contribution in [0.4, 0.5) is 11.4 Å². The molecular weight excluding hydrogens is 598 g/mol. The molecule has 1 saturated heterocycles. The van der Waals surface area contributed by atoms with Gasteiger partial charge in [0.1, 0.15) is 11.5 Å². The van der Waals surface area contributed by atoms with Gasteiger partial charge < -0.3 is 10.2 Å². The van der Waals surface area contributed by atoms with E-state index in [2.05, 4.69) is 21.2 Å². The van der Waals surface area contributed by atoms with E-state index >= 15 is 0 Å². The second-order valence-corrected chi connectivity index (χ2v) is 11.5. The molecule has 0 saturated carbocycles. The summed E-state index contributed by atoms with van der Waals surface area (Å²) < 4.78 is 0.780. The van der Waals surface area contributed by atoms with E-state index in [1.54, 1.807) is 36.5 Å². The predicted octanol–water partition coefficient (Wildman–Crippen LogP) is 6.34. The Bertz CT molecular complexity index is 1850. The summed E-state index contributed by atoms with van der Waals surface area (Å²) in [5.41, 5.74) is 1.67. The predicted molar refractivity (Wildman–Crippen MR) is 160 cm³/mol. The van der Waals surface area contributed by atoms with Crippen molar-refractivity contribution in [2.45, 2.75) is 17.5 Å². The fourth-order valence-corrected chi connectivity index (χ4v) is 7.17. The smallest absolute Gasteiger partial charge is 0.270 e. The van der Waals surface area contributed by atoms with Crippen LogP contribution in [0.15, 0.2) is 108 Å². The van der Waals surface area contributed by atoms with Crippen LogP contribution in [0, 0.1) is 16.0 Å². The lowest BCUT2D eigenvalue weighted by molar-refractivity contribution is -0.384. The Kier molecular flexibility index (Phi) is 5.95. The number of amides is 1. The minimum absolute atomic E-state index is 0.0950. The molecule has 4 aromatic carbocycles. The van der Waals surface area contributed by atoms with Crippen LogP contribution in [0.5, 0.6) is 0 Å². The Morgan fingerprint density at radius 3 is 2.40 bits per heavy atom. The van der Waals surface area contributed by atoms with Crippen molar-refractivity contribution in [2.24, 2.45) is 5.92 Å². The summed E-state index contributed by atoms with van der Waals surface area (Å²) in [5, 5.41) is 14.6. The van der Waals surface area contributed by atoms with Gasteiger partial charge in [0.15, 0.2) is 11.6 Å². The molecule has 9 heteroatoms. The average Bonchev–Trinajstić information content (AvgIpc) is 3.49. The number of non-ortho nitro benzene ring substituents is 1. The van der Waals surface area contributed by atoms with E-state index in [0.717, 1.165) is 15.6 Å². The first-order valence-corrected chi connectivity index (χ1v) is 14.2. The Labute approximate surface area is 248 Å². The highest BCUT2D eigenvalue weighted by Gasteiger charge is 2.70. The van der Waals surface area contributed by atoms with E-state index < -0.39 is 34.1 Å². The monoisotopic (exact) mass is 619 g/mol. The van der Waals surface area contributed by atoms with Gasteiger partial charge in [0.25, 0.3) is 5.69 Å². The van der Waals surface area contributed by atoms with E-state index in [0.29, 0.717) is 16.8 Å². The van der Waals surface area contributed by atoms with Crippen LogP contribution in [-0.4, -0.2) is 33.3 Å². The molecule has 0 bridgehead atoms. The molecule has 3 aliphatic heterocycles. The zero-order chi connectivity index (χ0) is 29.2. The summed E-state index contributed by atoms with van der Waals surface area (Å²) in [5.74, 6) is -2.36. The van der Waals surface area contributed by atoms with Gasteiger partial charge in [-0.3, -0.25) is 24.5 Å². The highest BCUT2D eigenvalue weighted by Crippen LogP contribution is 2.62. The number of nitrogens with one attached hydrogen (secondary N) is 1. The Hall–Kier alpha value is -4.89. The summed E-state index contributed by atoms with van der Waals surface area (Å²) in [6.07, 6.45) is 3.65. The summed E-state index contributed by atoms with van der Waals surface area (Å²) in [4.78, 5) is 56.6. The lowest BCUT2D eigenvalue weighted by Gasteiger charge is -2.38. The molecule has 206 valence electrons. The molecule has 42 heavy (non-hydrogen) atoms. The van der Waals surface area contributed by atoms with Gasteiger partial charge in [-0.15, -0.1) is 0 Å². The van der Waals surface area contributed by atoms with Crippen molar-refractivity contribution < 1.29 is 19.3 Å².